The second-order valence-corrected chi connectivity index (χ2v) is 14.0. The van der Waals surface area contributed by atoms with Gasteiger partial charge in [0.1, 0.15) is 23.3 Å². The molecular weight excluding hydrogens is 604 g/mol. The minimum absolute atomic E-state index is 0.0190. The molecule has 2 aliphatic rings. The van der Waals surface area contributed by atoms with Crippen LogP contribution in [-0.4, -0.2) is 68.8 Å². The third kappa shape index (κ3) is 7.43. The lowest BCUT2D eigenvalue weighted by atomic mass is 9.90. The highest BCUT2D eigenvalue weighted by atomic mass is 32.2. The van der Waals surface area contributed by atoms with Crippen molar-refractivity contribution in [3.63, 3.8) is 0 Å². The number of sulfone groups is 1. The number of nitrogens with one attached hydrogen (secondary N) is 3. The maximum Gasteiger partial charge on any atom is 0.323 e. The summed E-state index contributed by atoms with van der Waals surface area (Å²) in [5.41, 5.74) is 3.14. The first kappa shape index (κ1) is 31.0. The van der Waals surface area contributed by atoms with E-state index in [2.05, 4.69) is 37.1 Å². The number of rotatable bonds is 9. The van der Waals surface area contributed by atoms with Gasteiger partial charge in [-0.05, 0) is 49.8 Å². The molecule has 1 saturated heterocycles. The number of amides is 2. The lowest BCUT2D eigenvalue weighted by molar-refractivity contribution is 0.240. The van der Waals surface area contributed by atoms with E-state index in [0.717, 1.165) is 42.4 Å². The smallest absolute Gasteiger partial charge is 0.323 e. The molecule has 238 valence electrons. The predicted octanol–water partition coefficient (Wildman–Crippen LogP) is 3.88. The molecule has 4 aromatic rings. The lowest BCUT2D eigenvalue weighted by Gasteiger charge is -2.36. The number of urea groups is 1. The molecule has 6 rings (SSSR count). The highest BCUT2D eigenvalue weighted by Gasteiger charge is 2.32. The number of hydrogen-bond donors (Lipinski definition) is 3. The molecule has 1 atom stereocenters. The van der Waals surface area contributed by atoms with Crippen LogP contribution in [0.25, 0.3) is 11.1 Å². The fourth-order valence-corrected chi connectivity index (χ4v) is 7.66. The van der Waals surface area contributed by atoms with E-state index in [9.17, 15) is 18.5 Å². The van der Waals surface area contributed by atoms with Gasteiger partial charge in [0.15, 0.2) is 9.84 Å². The van der Waals surface area contributed by atoms with Crippen LogP contribution in [0.1, 0.15) is 43.2 Å². The topological polar surface area (TPSA) is 171 Å². The SMILES string of the molecule is Cn1cc(-c2ccc(N(C(=O)NCc3ccccc3)[C@H]3CC[C@H](Nc4ncc(C#N)c(NC5CCS(=O)(=O)C5)n4)CC3)nc2)cn1. The van der Waals surface area contributed by atoms with E-state index in [1.54, 1.807) is 22.0 Å². The van der Waals surface area contributed by atoms with Crippen LogP contribution in [0.3, 0.4) is 0 Å². The first-order chi connectivity index (χ1) is 22.3. The summed E-state index contributed by atoms with van der Waals surface area (Å²) in [5.74, 6) is 1.42. The van der Waals surface area contributed by atoms with Gasteiger partial charge in [0.25, 0.3) is 0 Å². The second-order valence-electron chi connectivity index (χ2n) is 11.8. The van der Waals surface area contributed by atoms with Crippen molar-refractivity contribution in [3.05, 3.63) is 78.4 Å². The fraction of sp³-hybridized carbons (Fsp3) is 0.375. The van der Waals surface area contributed by atoms with E-state index in [1.807, 2.05) is 55.7 Å². The van der Waals surface area contributed by atoms with Gasteiger partial charge in [-0.15, -0.1) is 0 Å². The summed E-state index contributed by atoms with van der Waals surface area (Å²) in [4.78, 5) is 29.0. The largest absolute Gasteiger partial charge is 0.365 e. The van der Waals surface area contributed by atoms with Crippen molar-refractivity contribution < 1.29 is 13.2 Å². The van der Waals surface area contributed by atoms with Crippen LogP contribution in [-0.2, 0) is 23.4 Å². The van der Waals surface area contributed by atoms with Crippen LogP contribution in [0.2, 0.25) is 0 Å². The molecule has 3 aromatic heterocycles. The summed E-state index contributed by atoms with van der Waals surface area (Å²) in [6.45, 7) is 0.403. The molecule has 1 aliphatic carbocycles. The van der Waals surface area contributed by atoms with Gasteiger partial charge >= 0.3 is 6.03 Å². The Balaban J connectivity index is 1.13. The highest BCUT2D eigenvalue weighted by Crippen LogP contribution is 2.30. The Kier molecular flexibility index (Phi) is 9.11. The molecule has 0 radical (unpaired) electrons. The van der Waals surface area contributed by atoms with Gasteiger partial charge in [0.05, 0.1) is 23.9 Å². The summed E-state index contributed by atoms with van der Waals surface area (Å²) < 4.78 is 25.6. The molecule has 3 N–H and O–H groups in total. The number of nitrogens with zero attached hydrogens (tertiary/aromatic N) is 7. The van der Waals surface area contributed by atoms with Crippen LogP contribution in [0.4, 0.5) is 22.4 Å². The molecule has 14 heteroatoms. The summed E-state index contributed by atoms with van der Waals surface area (Å²) in [7, 11) is -1.22. The Morgan fingerprint density at radius 1 is 0.978 bits per heavy atom. The first-order valence-electron chi connectivity index (χ1n) is 15.3. The number of aromatic nitrogens is 5. The Labute approximate surface area is 268 Å². The summed E-state index contributed by atoms with van der Waals surface area (Å²) >= 11 is 0. The van der Waals surface area contributed by atoms with E-state index < -0.39 is 9.84 Å². The van der Waals surface area contributed by atoms with Gasteiger partial charge in [-0.3, -0.25) is 9.58 Å². The Hall–Kier alpha value is -5.03. The van der Waals surface area contributed by atoms with Crippen LogP contribution < -0.4 is 20.9 Å². The van der Waals surface area contributed by atoms with Crippen LogP contribution in [0.5, 0.6) is 0 Å². The van der Waals surface area contributed by atoms with Crippen LogP contribution in [0.15, 0.2) is 67.3 Å². The van der Waals surface area contributed by atoms with Crippen molar-refractivity contribution in [2.45, 2.75) is 56.8 Å². The zero-order valence-corrected chi connectivity index (χ0v) is 26.3. The minimum Gasteiger partial charge on any atom is -0.365 e. The monoisotopic (exact) mass is 640 g/mol. The molecule has 1 unspecified atom stereocenters. The maximum atomic E-state index is 13.7. The quantitative estimate of drug-likeness (QED) is 0.244. The number of aryl methyl sites for hydroxylation is 1. The van der Waals surface area contributed by atoms with Crippen molar-refractivity contribution in [1.29, 1.82) is 5.26 Å². The molecule has 1 saturated carbocycles. The molecular formula is C32H36N10O3S. The number of hydrogen-bond acceptors (Lipinski definition) is 10. The fourth-order valence-electron chi connectivity index (χ4n) is 5.99. The standard InChI is InChI=1S/C32H36N10O3S/c1-41-20-25(19-37-41)23-7-12-29(34-17-23)42(32(43)36-16-22-5-3-2-4-6-22)28-10-8-26(9-11-28)39-31-35-18-24(15-33)30(40-31)38-27-13-14-46(44,45)21-27/h2-7,12,17-20,26-28H,8-11,13-14,16,21H2,1H3,(H,36,43)(H2,35,38,39,40)/t26-,27?,28-. The lowest BCUT2D eigenvalue weighted by Crippen LogP contribution is -2.49. The van der Waals surface area contributed by atoms with Gasteiger partial charge in [-0.25, -0.2) is 23.2 Å². The number of carbonyl (C=O) groups is 1. The summed E-state index contributed by atoms with van der Waals surface area (Å²) in [6.07, 6.45) is 10.4. The summed E-state index contributed by atoms with van der Waals surface area (Å²) in [6, 6.07) is 15.2. The average molecular weight is 641 g/mol. The average Bonchev–Trinajstić information content (AvgIpc) is 3.65. The maximum absolute atomic E-state index is 13.7. The van der Waals surface area contributed by atoms with E-state index in [-0.39, 0.29) is 41.2 Å². The Morgan fingerprint density at radius 3 is 2.43 bits per heavy atom. The van der Waals surface area contributed by atoms with E-state index in [0.29, 0.717) is 30.5 Å². The van der Waals surface area contributed by atoms with Gasteiger partial charge in [0.2, 0.25) is 5.95 Å². The van der Waals surface area contributed by atoms with Crippen molar-refractivity contribution in [1.82, 2.24) is 30.0 Å². The van der Waals surface area contributed by atoms with Crippen LogP contribution in [0, 0.1) is 11.3 Å². The van der Waals surface area contributed by atoms with Gasteiger partial charge in [-0.1, -0.05) is 30.3 Å². The molecule has 0 bridgehead atoms. The number of benzene rings is 1. The van der Waals surface area contributed by atoms with Crippen molar-refractivity contribution in [2.75, 3.05) is 27.0 Å². The molecule has 2 amide bonds. The number of pyridine rings is 1. The number of nitriles is 1. The molecule has 2 fully saturated rings. The second kappa shape index (κ2) is 13.5. The number of anilines is 3. The van der Waals surface area contributed by atoms with E-state index in [1.165, 1.54) is 6.20 Å². The molecule has 13 nitrogen and oxygen atoms in total. The van der Waals surface area contributed by atoms with Crippen molar-refractivity contribution in [2.24, 2.45) is 7.05 Å². The van der Waals surface area contributed by atoms with Gasteiger partial charge < -0.3 is 16.0 Å². The van der Waals surface area contributed by atoms with Gasteiger partial charge in [-0.2, -0.15) is 15.3 Å². The van der Waals surface area contributed by atoms with Gasteiger partial charge in [0, 0.05) is 55.2 Å². The molecule has 4 heterocycles. The number of carbonyl (C=O) groups excluding carboxylic acids is 1. The van der Waals surface area contributed by atoms with E-state index in [4.69, 9.17) is 4.98 Å². The molecule has 0 spiro atoms. The first-order valence-corrected chi connectivity index (χ1v) is 17.1. The van der Waals surface area contributed by atoms with Crippen molar-refractivity contribution in [3.8, 4) is 17.2 Å². The Morgan fingerprint density at radius 2 is 1.78 bits per heavy atom. The zero-order chi connectivity index (χ0) is 32.1. The Bertz CT molecular complexity index is 1810. The predicted molar refractivity (Wildman–Crippen MR) is 175 cm³/mol. The van der Waals surface area contributed by atoms with Crippen molar-refractivity contribution >= 4 is 33.5 Å². The van der Waals surface area contributed by atoms with Crippen LogP contribution >= 0.6 is 0 Å². The third-order valence-electron chi connectivity index (χ3n) is 8.42. The molecule has 46 heavy (non-hydrogen) atoms. The van der Waals surface area contributed by atoms with E-state index >= 15 is 0 Å². The summed E-state index contributed by atoms with van der Waals surface area (Å²) in [5, 5.41) is 23.4. The normalized spacial score (nSPS) is 20.4. The highest BCUT2D eigenvalue weighted by molar-refractivity contribution is 7.91. The zero-order valence-electron chi connectivity index (χ0n) is 25.5. The third-order valence-corrected chi connectivity index (χ3v) is 10.2. The molecule has 1 aromatic carbocycles. The molecule has 1 aliphatic heterocycles. The minimum atomic E-state index is -3.08.